The van der Waals surface area contributed by atoms with Gasteiger partial charge in [-0.3, -0.25) is 0 Å². The molecule has 0 aliphatic heterocycles. The lowest BCUT2D eigenvalue weighted by atomic mass is 9.77. The maximum atomic E-state index is 6.51. The molecule has 0 spiro atoms. The fourth-order valence-electron chi connectivity index (χ4n) is 3.16. The lowest BCUT2D eigenvalue weighted by Crippen LogP contribution is -2.19. The number of hydrogen-bond donors (Lipinski definition) is 1. The predicted molar refractivity (Wildman–Crippen MR) is 86.7 cm³/mol. The minimum absolute atomic E-state index is 0.0260. The lowest BCUT2D eigenvalue weighted by Gasteiger charge is -2.29. The molecule has 0 saturated heterocycles. The molecule has 110 valence electrons. The van der Waals surface area contributed by atoms with Crippen molar-refractivity contribution in [2.45, 2.75) is 37.6 Å². The Kier molecular flexibility index (Phi) is 4.26. The summed E-state index contributed by atoms with van der Waals surface area (Å²) in [6.45, 7) is 0. The average molecular weight is 281 g/mol. The van der Waals surface area contributed by atoms with E-state index in [0.29, 0.717) is 5.92 Å². The normalized spacial score (nSPS) is 16.3. The third-order valence-electron chi connectivity index (χ3n) is 4.57. The predicted octanol–water partition coefficient (Wildman–Crippen LogP) is 4.21. The van der Waals surface area contributed by atoms with Crippen molar-refractivity contribution >= 4 is 0 Å². The highest BCUT2D eigenvalue weighted by Gasteiger charge is 2.24. The van der Waals surface area contributed by atoms with Crippen molar-refractivity contribution in [3.63, 3.8) is 0 Å². The maximum Gasteiger partial charge on any atom is 0.122 e. The van der Waals surface area contributed by atoms with Gasteiger partial charge in [-0.2, -0.15) is 0 Å². The molecule has 2 heteroatoms. The number of benzene rings is 2. The Labute approximate surface area is 126 Å². The first-order valence-electron chi connectivity index (χ1n) is 7.76. The molecule has 0 bridgehead atoms. The van der Waals surface area contributed by atoms with E-state index in [0.717, 1.165) is 12.2 Å². The van der Waals surface area contributed by atoms with Crippen LogP contribution in [0.1, 0.15) is 47.9 Å². The fourth-order valence-corrected chi connectivity index (χ4v) is 3.16. The van der Waals surface area contributed by atoms with E-state index < -0.39 is 0 Å². The smallest absolute Gasteiger partial charge is 0.122 e. The van der Waals surface area contributed by atoms with Gasteiger partial charge in [0.25, 0.3) is 0 Å². The Hall–Kier alpha value is -1.80. The summed E-state index contributed by atoms with van der Waals surface area (Å²) in [5.74, 6) is 1.64. The molecule has 0 radical (unpaired) electrons. The number of para-hydroxylation sites is 1. The van der Waals surface area contributed by atoms with Crippen molar-refractivity contribution < 1.29 is 4.74 Å². The molecule has 1 aliphatic carbocycles. The van der Waals surface area contributed by atoms with Crippen molar-refractivity contribution in [1.29, 1.82) is 0 Å². The van der Waals surface area contributed by atoms with Crippen LogP contribution >= 0.6 is 0 Å². The Bertz CT molecular complexity index is 604. The minimum Gasteiger partial charge on any atom is -0.496 e. The summed E-state index contributed by atoms with van der Waals surface area (Å²) < 4.78 is 5.44. The number of nitrogens with two attached hydrogens (primary N) is 1. The molecule has 0 heterocycles. The van der Waals surface area contributed by atoms with Gasteiger partial charge >= 0.3 is 0 Å². The summed E-state index contributed by atoms with van der Waals surface area (Å²) >= 11 is 0. The first kappa shape index (κ1) is 14.2. The molecule has 1 fully saturated rings. The molecule has 0 aromatic heterocycles. The molecule has 1 unspecified atom stereocenters. The monoisotopic (exact) mass is 281 g/mol. The van der Waals surface area contributed by atoms with E-state index >= 15 is 0 Å². The van der Waals surface area contributed by atoms with Gasteiger partial charge in [0.05, 0.1) is 7.11 Å². The highest BCUT2D eigenvalue weighted by molar-refractivity contribution is 5.38. The van der Waals surface area contributed by atoms with Gasteiger partial charge < -0.3 is 10.5 Å². The largest absolute Gasteiger partial charge is 0.496 e. The molecule has 1 saturated carbocycles. The van der Waals surface area contributed by atoms with Crippen LogP contribution in [0.15, 0.2) is 48.5 Å². The van der Waals surface area contributed by atoms with E-state index in [1.165, 1.54) is 36.0 Å². The third-order valence-corrected chi connectivity index (χ3v) is 4.57. The summed E-state index contributed by atoms with van der Waals surface area (Å²) in [6.07, 6.45) is 4.77. The Morgan fingerprint density at radius 2 is 1.81 bits per heavy atom. The van der Waals surface area contributed by atoms with Crippen LogP contribution < -0.4 is 10.5 Å². The second-order valence-corrected chi connectivity index (χ2v) is 5.88. The van der Waals surface area contributed by atoms with Gasteiger partial charge in [-0.05, 0) is 47.9 Å². The van der Waals surface area contributed by atoms with Crippen LogP contribution in [0.5, 0.6) is 5.75 Å². The molecule has 3 rings (SSSR count). The maximum absolute atomic E-state index is 6.51. The van der Waals surface area contributed by atoms with Crippen molar-refractivity contribution in [1.82, 2.24) is 0 Å². The first-order chi connectivity index (χ1) is 10.3. The van der Waals surface area contributed by atoms with Crippen LogP contribution in [0.3, 0.4) is 0 Å². The molecule has 2 nitrogen and oxygen atoms in total. The van der Waals surface area contributed by atoms with Crippen LogP contribution in [0.4, 0.5) is 0 Å². The second kappa shape index (κ2) is 6.31. The van der Waals surface area contributed by atoms with Gasteiger partial charge in [-0.25, -0.2) is 0 Å². The van der Waals surface area contributed by atoms with Crippen LogP contribution in [0.25, 0.3) is 0 Å². The van der Waals surface area contributed by atoms with E-state index in [2.05, 4.69) is 30.3 Å². The molecule has 2 aromatic rings. The molecule has 0 amide bonds. The summed E-state index contributed by atoms with van der Waals surface area (Å²) in [7, 11) is 1.71. The Morgan fingerprint density at radius 3 is 2.52 bits per heavy atom. The van der Waals surface area contributed by atoms with Gasteiger partial charge in [0.1, 0.15) is 5.75 Å². The highest BCUT2D eigenvalue weighted by Crippen LogP contribution is 2.39. The van der Waals surface area contributed by atoms with Gasteiger partial charge in [-0.15, -0.1) is 0 Å². The zero-order chi connectivity index (χ0) is 14.7. The minimum atomic E-state index is 0.0260. The van der Waals surface area contributed by atoms with Crippen molar-refractivity contribution in [2.24, 2.45) is 5.73 Å². The number of methoxy groups -OCH3 is 1. The van der Waals surface area contributed by atoms with E-state index in [1.54, 1.807) is 7.11 Å². The molecule has 21 heavy (non-hydrogen) atoms. The molecule has 1 aliphatic rings. The van der Waals surface area contributed by atoms with E-state index in [1.807, 2.05) is 18.2 Å². The van der Waals surface area contributed by atoms with Crippen molar-refractivity contribution in [3.8, 4) is 5.75 Å². The van der Waals surface area contributed by atoms with Crippen molar-refractivity contribution in [2.75, 3.05) is 7.11 Å². The standard InChI is InChI=1S/C19H23NO/c1-21-19-12-5-2-7-15(19)13-18(20)17-11-4-3-10-16(17)14-8-6-9-14/h2-5,7,10-12,14,18H,6,8-9,13,20H2,1H3. The highest BCUT2D eigenvalue weighted by atomic mass is 16.5. The summed E-state index contributed by atoms with van der Waals surface area (Å²) in [4.78, 5) is 0. The van der Waals surface area contributed by atoms with Crippen LogP contribution in [0, 0.1) is 0 Å². The van der Waals surface area contributed by atoms with Gasteiger partial charge in [0.15, 0.2) is 0 Å². The van der Waals surface area contributed by atoms with Gasteiger partial charge in [0, 0.05) is 6.04 Å². The fraction of sp³-hybridized carbons (Fsp3) is 0.368. The zero-order valence-corrected chi connectivity index (χ0v) is 12.6. The summed E-state index contributed by atoms with van der Waals surface area (Å²) in [6, 6.07) is 16.8. The van der Waals surface area contributed by atoms with Crippen molar-refractivity contribution in [3.05, 3.63) is 65.2 Å². The van der Waals surface area contributed by atoms with Gasteiger partial charge in [-0.1, -0.05) is 48.9 Å². The lowest BCUT2D eigenvalue weighted by molar-refractivity contribution is 0.406. The number of hydrogen-bond acceptors (Lipinski definition) is 2. The Morgan fingerprint density at radius 1 is 1.10 bits per heavy atom. The topological polar surface area (TPSA) is 35.2 Å². The molecule has 2 aromatic carbocycles. The quantitative estimate of drug-likeness (QED) is 0.891. The molecular weight excluding hydrogens is 258 g/mol. The van der Waals surface area contributed by atoms with Crippen LogP contribution in [-0.2, 0) is 6.42 Å². The van der Waals surface area contributed by atoms with E-state index in [9.17, 15) is 0 Å². The van der Waals surface area contributed by atoms with Crippen LogP contribution in [-0.4, -0.2) is 7.11 Å². The van der Waals surface area contributed by atoms with Crippen LogP contribution in [0.2, 0.25) is 0 Å². The zero-order valence-electron chi connectivity index (χ0n) is 12.6. The Balaban J connectivity index is 1.83. The van der Waals surface area contributed by atoms with E-state index in [4.69, 9.17) is 10.5 Å². The third kappa shape index (κ3) is 2.96. The second-order valence-electron chi connectivity index (χ2n) is 5.88. The number of ether oxygens (including phenoxy) is 1. The van der Waals surface area contributed by atoms with Gasteiger partial charge in [0.2, 0.25) is 0 Å². The number of rotatable bonds is 5. The SMILES string of the molecule is COc1ccccc1CC(N)c1ccccc1C1CCC1. The average Bonchev–Trinajstić information content (AvgIpc) is 2.46. The molecule has 2 N–H and O–H groups in total. The van der Waals surface area contributed by atoms with E-state index in [-0.39, 0.29) is 6.04 Å². The summed E-state index contributed by atoms with van der Waals surface area (Å²) in [5, 5.41) is 0. The molecule has 1 atom stereocenters. The molecular formula is C19H23NO. The summed E-state index contributed by atoms with van der Waals surface area (Å²) in [5.41, 5.74) is 10.4. The first-order valence-corrected chi connectivity index (χ1v) is 7.76.